The molecule has 0 spiro atoms. The standard InChI is InChI=1S/C10H13BrN4O2/c1-17-9-7(11)5-13-10(15-9)12-4-6-2-3-8(16)14-6/h5-6H,2-4H2,1H3,(H,14,16)(H,12,13,15). The molecule has 0 radical (unpaired) electrons. The number of anilines is 1. The van der Waals surface area contributed by atoms with Gasteiger partial charge in [-0.1, -0.05) is 0 Å². The van der Waals surface area contributed by atoms with Crippen molar-refractivity contribution >= 4 is 27.8 Å². The third-order valence-corrected chi connectivity index (χ3v) is 3.04. The molecule has 1 aromatic heterocycles. The summed E-state index contributed by atoms with van der Waals surface area (Å²) in [5.74, 6) is 1.08. The van der Waals surface area contributed by atoms with Crippen LogP contribution in [0.1, 0.15) is 12.8 Å². The smallest absolute Gasteiger partial charge is 0.232 e. The number of carbonyl (C=O) groups excluding carboxylic acids is 1. The zero-order valence-electron chi connectivity index (χ0n) is 9.36. The SMILES string of the molecule is COc1nc(NCC2CCC(=O)N2)ncc1Br. The van der Waals surface area contributed by atoms with Crippen molar-refractivity contribution in [1.29, 1.82) is 0 Å². The Labute approximate surface area is 107 Å². The minimum Gasteiger partial charge on any atom is -0.480 e. The molecule has 0 aromatic carbocycles. The van der Waals surface area contributed by atoms with E-state index in [-0.39, 0.29) is 11.9 Å². The number of aromatic nitrogens is 2. The van der Waals surface area contributed by atoms with Gasteiger partial charge in [0.1, 0.15) is 0 Å². The lowest BCUT2D eigenvalue weighted by Gasteiger charge is -2.11. The first-order chi connectivity index (χ1) is 8.19. The Morgan fingerprint density at radius 3 is 3.18 bits per heavy atom. The Balaban J connectivity index is 1.92. The topological polar surface area (TPSA) is 76.1 Å². The van der Waals surface area contributed by atoms with E-state index >= 15 is 0 Å². The molecule has 1 aromatic rings. The number of rotatable bonds is 4. The number of methoxy groups -OCH3 is 1. The van der Waals surface area contributed by atoms with Gasteiger partial charge in [-0.2, -0.15) is 4.98 Å². The molecular weight excluding hydrogens is 288 g/mol. The summed E-state index contributed by atoms with van der Waals surface area (Å²) in [6.07, 6.45) is 3.07. The van der Waals surface area contributed by atoms with E-state index in [1.54, 1.807) is 13.3 Å². The summed E-state index contributed by atoms with van der Waals surface area (Å²) in [4.78, 5) is 19.3. The van der Waals surface area contributed by atoms with E-state index in [4.69, 9.17) is 4.74 Å². The number of halogens is 1. The van der Waals surface area contributed by atoms with Crippen molar-refractivity contribution in [2.24, 2.45) is 0 Å². The predicted molar refractivity (Wildman–Crippen MR) is 65.9 cm³/mol. The molecule has 17 heavy (non-hydrogen) atoms. The first-order valence-corrected chi connectivity index (χ1v) is 6.08. The molecule has 6 nitrogen and oxygen atoms in total. The van der Waals surface area contributed by atoms with Crippen LogP contribution in [0.15, 0.2) is 10.7 Å². The van der Waals surface area contributed by atoms with Crippen LogP contribution < -0.4 is 15.4 Å². The van der Waals surface area contributed by atoms with E-state index in [1.807, 2.05) is 0 Å². The van der Waals surface area contributed by atoms with Gasteiger partial charge in [0.15, 0.2) is 0 Å². The molecule has 1 aliphatic heterocycles. The molecular formula is C10H13BrN4O2. The summed E-state index contributed by atoms with van der Waals surface area (Å²) in [7, 11) is 1.55. The normalized spacial score (nSPS) is 18.9. The molecule has 1 aliphatic rings. The third kappa shape index (κ3) is 3.06. The first-order valence-electron chi connectivity index (χ1n) is 5.29. The average molecular weight is 301 g/mol. The molecule has 2 heterocycles. The third-order valence-electron chi connectivity index (χ3n) is 2.50. The second-order valence-electron chi connectivity index (χ2n) is 3.73. The van der Waals surface area contributed by atoms with Crippen molar-refractivity contribution in [1.82, 2.24) is 15.3 Å². The van der Waals surface area contributed by atoms with Gasteiger partial charge in [0.25, 0.3) is 0 Å². The fourth-order valence-corrected chi connectivity index (χ4v) is 1.98. The van der Waals surface area contributed by atoms with Gasteiger partial charge in [-0.25, -0.2) is 4.98 Å². The summed E-state index contributed by atoms with van der Waals surface area (Å²) in [6, 6.07) is 0.153. The van der Waals surface area contributed by atoms with Gasteiger partial charge in [0.05, 0.1) is 17.8 Å². The Kier molecular flexibility index (Phi) is 3.78. The second kappa shape index (κ2) is 5.31. The number of hydrogen-bond acceptors (Lipinski definition) is 5. The monoisotopic (exact) mass is 300 g/mol. The summed E-state index contributed by atoms with van der Waals surface area (Å²) in [5.41, 5.74) is 0. The summed E-state index contributed by atoms with van der Waals surface area (Å²) >= 11 is 3.28. The average Bonchev–Trinajstić information content (AvgIpc) is 2.74. The van der Waals surface area contributed by atoms with Crippen molar-refractivity contribution in [3.63, 3.8) is 0 Å². The van der Waals surface area contributed by atoms with E-state index in [0.29, 0.717) is 29.3 Å². The molecule has 2 rings (SSSR count). The molecule has 0 saturated carbocycles. The highest BCUT2D eigenvalue weighted by atomic mass is 79.9. The number of ether oxygens (including phenoxy) is 1. The highest BCUT2D eigenvalue weighted by molar-refractivity contribution is 9.10. The van der Waals surface area contributed by atoms with E-state index < -0.39 is 0 Å². The van der Waals surface area contributed by atoms with Crippen LogP contribution >= 0.6 is 15.9 Å². The van der Waals surface area contributed by atoms with Crippen LogP contribution in [0.2, 0.25) is 0 Å². The van der Waals surface area contributed by atoms with Crippen LogP contribution in [0.4, 0.5) is 5.95 Å². The number of nitrogens with one attached hydrogen (secondary N) is 2. The fraction of sp³-hybridized carbons (Fsp3) is 0.500. The quantitative estimate of drug-likeness (QED) is 0.865. The van der Waals surface area contributed by atoms with Crippen molar-refractivity contribution < 1.29 is 9.53 Å². The van der Waals surface area contributed by atoms with Gasteiger partial charge in [0, 0.05) is 19.0 Å². The Morgan fingerprint density at radius 2 is 2.53 bits per heavy atom. The molecule has 2 N–H and O–H groups in total. The maximum absolute atomic E-state index is 11.0. The number of hydrogen-bond donors (Lipinski definition) is 2. The lowest BCUT2D eigenvalue weighted by Crippen LogP contribution is -2.32. The van der Waals surface area contributed by atoms with Crippen LogP contribution in [0.5, 0.6) is 5.88 Å². The number of nitrogens with zero attached hydrogens (tertiary/aromatic N) is 2. The highest BCUT2D eigenvalue weighted by Gasteiger charge is 2.20. The highest BCUT2D eigenvalue weighted by Crippen LogP contribution is 2.21. The van der Waals surface area contributed by atoms with E-state index in [0.717, 1.165) is 6.42 Å². The van der Waals surface area contributed by atoms with Gasteiger partial charge >= 0.3 is 0 Å². The van der Waals surface area contributed by atoms with Crippen molar-refractivity contribution in [2.45, 2.75) is 18.9 Å². The first kappa shape index (κ1) is 12.1. The van der Waals surface area contributed by atoms with Gasteiger partial charge in [0.2, 0.25) is 17.7 Å². The molecule has 1 amide bonds. The molecule has 92 valence electrons. The summed E-state index contributed by atoms with van der Waals surface area (Å²) in [5, 5.41) is 5.94. The zero-order valence-corrected chi connectivity index (χ0v) is 11.0. The maximum Gasteiger partial charge on any atom is 0.232 e. The van der Waals surface area contributed by atoms with Gasteiger partial charge in [-0.3, -0.25) is 4.79 Å². The Morgan fingerprint density at radius 1 is 1.71 bits per heavy atom. The van der Waals surface area contributed by atoms with E-state index in [9.17, 15) is 4.79 Å². The molecule has 1 fully saturated rings. The fourth-order valence-electron chi connectivity index (χ4n) is 1.62. The minimum atomic E-state index is 0.103. The largest absolute Gasteiger partial charge is 0.480 e. The van der Waals surface area contributed by atoms with E-state index in [1.165, 1.54) is 0 Å². The maximum atomic E-state index is 11.0. The Bertz CT molecular complexity index is 427. The van der Waals surface area contributed by atoms with E-state index in [2.05, 4.69) is 36.5 Å². The van der Waals surface area contributed by atoms with Gasteiger partial charge in [-0.05, 0) is 22.4 Å². The lowest BCUT2D eigenvalue weighted by atomic mass is 10.2. The van der Waals surface area contributed by atoms with Crippen molar-refractivity contribution in [2.75, 3.05) is 19.0 Å². The summed E-state index contributed by atoms with van der Waals surface area (Å²) < 4.78 is 5.77. The lowest BCUT2D eigenvalue weighted by molar-refractivity contribution is -0.119. The van der Waals surface area contributed by atoms with Crippen LogP contribution in [-0.4, -0.2) is 35.6 Å². The van der Waals surface area contributed by atoms with Crippen LogP contribution in [-0.2, 0) is 4.79 Å². The van der Waals surface area contributed by atoms with Crippen LogP contribution in [0.25, 0.3) is 0 Å². The minimum absolute atomic E-state index is 0.103. The van der Waals surface area contributed by atoms with Gasteiger partial charge in [-0.15, -0.1) is 0 Å². The zero-order chi connectivity index (χ0) is 12.3. The van der Waals surface area contributed by atoms with Crippen molar-refractivity contribution in [3.8, 4) is 5.88 Å². The van der Waals surface area contributed by atoms with Crippen LogP contribution in [0, 0.1) is 0 Å². The van der Waals surface area contributed by atoms with Crippen molar-refractivity contribution in [3.05, 3.63) is 10.7 Å². The Hall–Kier alpha value is -1.37. The molecule has 0 bridgehead atoms. The van der Waals surface area contributed by atoms with Gasteiger partial charge < -0.3 is 15.4 Å². The molecule has 0 aliphatic carbocycles. The molecule has 1 unspecified atom stereocenters. The molecule has 7 heteroatoms. The molecule has 1 atom stereocenters. The molecule has 1 saturated heterocycles. The number of amides is 1. The number of carbonyl (C=O) groups is 1. The predicted octanol–water partition coefficient (Wildman–Crippen LogP) is 0.938. The summed E-state index contributed by atoms with van der Waals surface area (Å²) in [6.45, 7) is 0.622. The van der Waals surface area contributed by atoms with Crippen LogP contribution in [0.3, 0.4) is 0 Å². The second-order valence-corrected chi connectivity index (χ2v) is 4.59.